The number of nitrogens with zero attached hydrogens (tertiary/aromatic N) is 2. The molecule has 7 nitrogen and oxygen atoms in total. The van der Waals surface area contributed by atoms with Gasteiger partial charge in [-0.05, 0) is 56.0 Å². The van der Waals surface area contributed by atoms with Crippen LogP contribution in [0.25, 0.3) is 32.9 Å². The smallest absolute Gasteiger partial charge is 0.345 e. The number of H-pyrrole nitrogens is 1. The standard InChI is InChI=1S/C26H22F2N4O3/c27-14-1-7-23-19(9-14)25-20(26(34)35-23)11-17(31-25)13-29-16-2-4-18(5-3-16)32-22-10-15(28)12-30-21(22)6-8-24(32)33/h1,6-12,16,18,29,31H,2-5,13H2/t16-,18-. The Morgan fingerprint density at radius 2 is 1.83 bits per heavy atom. The minimum absolute atomic E-state index is 0.0215. The molecule has 1 aliphatic rings. The second kappa shape index (κ2) is 8.42. The summed E-state index contributed by atoms with van der Waals surface area (Å²) in [6, 6.07) is 10.5. The fraction of sp³-hybridized carbons (Fsp3) is 0.269. The highest BCUT2D eigenvalue weighted by Gasteiger charge is 2.24. The van der Waals surface area contributed by atoms with E-state index in [2.05, 4.69) is 15.3 Å². The molecular formula is C26H22F2N4O3. The molecule has 0 unspecified atom stereocenters. The van der Waals surface area contributed by atoms with E-state index in [1.165, 1.54) is 30.3 Å². The topological polar surface area (TPSA) is 92.9 Å². The van der Waals surface area contributed by atoms with E-state index in [1.54, 1.807) is 16.7 Å². The molecule has 1 fully saturated rings. The number of hydrogen-bond donors (Lipinski definition) is 2. The van der Waals surface area contributed by atoms with Gasteiger partial charge in [0.05, 0.1) is 28.1 Å². The summed E-state index contributed by atoms with van der Waals surface area (Å²) < 4.78 is 34.6. The van der Waals surface area contributed by atoms with Gasteiger partial charge in [-0.3, -0.25) is 9.78 Å². The van der Waals surface area contributed by atoms with E-state index in [0.717, 1.165) is 37.6 Å². The van der Waals surface area contributed by atoms with E-state index < -0.39 is 17.3 Å². The second-order valence-electron chi connectivity index (χ2n) is 9.10. The lowest BCUT2D eigenvalue weighted by Crippen LogP contribution is -2.35. The lowest BCUT2D eigenvalue weighted by molar-refractivity contribution is 0.290. The minimum atomic E-state index is -0.464. The summed E-state index contributed by atoms with van der Waals surface area (Å²) in [6.07, 6.45) is 4.38. The van der Waals surface area contributed by atoms with Crippen LogP contribution in [0.1, 0.15) is 37.4 Å². The maximum Gasteiger partial charge on any atom is 0.345 e. The van der Waals surface area contributed by atoms with Gasteiger partial charge < -0.3 is 19.3 Å². The summed E-state index contributed by atoms with van der Waals surface area (Å²) in [5.41, 5.74) is 2.21. The summed E-state index contributed by atoms with van der Waals surface area (Å²) in [5.74, 6) is -0.863. The molecule has 0 radical (unpaired) electrons. The first-order valence-electron chi connectivity index (χ1n) is 11.6. The first-order chi connectivity index (χ1) is 17.0. The van der Waals surface area contributed by atoms with Gasteiger partial charge in [-0.2, -0.15) is 0 Å². The fourth-order valence-electron chi connectivity index (χ4n) is 5.20. The van der Waals surface area contributed by atoms with Crippen molar-refractivity contribution in [3.8, 4) is 0 Å². The summed E-state index contributed by atoms with van der Waals surface area (Å²) in [4.78, 5) is 32.3. The molecule has 1 saturated carbocycles. The average Bonchev–Trinajstić information content (AvgIpc) is 3.29. The third-order valence-electron chi connectivity index (χ3n) is 6.89. The predicted molar refractivity (Wildman–Crippen MR) is 128 cm³/mol. The third kappa shape index (κ3) is 3.91. The van der Waals surface area contributed by atoms with Crippen molar-refractivity contribution >= 4 is 32.9 Å². The molecule has 0 spiro atoms. The van der Waals surface area contributed by atoms with Crippen LogP contribution in [0.2, 0.25) is 0 Å². The van der Waals surface area contributed by atoms with Crippen LogP contribution in [0.4, 0.5) is 8.78 Å². The van der Waals surface area contributed by atoms with Crippen LogP contribution in [0.5, 0.6) is 0 Å². The van der Waals surface area contributed by atoms with E-state index in [9.17, 15) is 18.4 Å². The Morgan fingerprint density at radius 3 is 2.66 bits per heavy atom. The number of halogens is 2. The monoisotopic (exact) mass is 476 g/mol. The van der Waals surface area contributed by atoms with Crippen molar-refractivity contribution in [2.24, 2.45) is 0 Å². The van der Waals surface area contributed by atoms with Crippen molar-refractivity contribution in [3.05, 3.63) is 86.8 Å². The van der Waals surface area contributed by atoms with Crippen molar-refractivity contribution in [1.82, 2.24) is 19.9 Å². The average molecular weight is 476 g/mol. The molecule has 5 aromatic rings. The molecule has 2 N–H and O–H groups in total. The number of pyridine rings is 2. The maximum atomic E-state index is 13.8. The van der Waals surface area contributed by atoms with Crippen LogP contribution in [0.3, 0.4) is 0 Å². The zero-order chi connectivity index (χ0) is 24.1. The SMILES string of the molecule is O=c1oc2ccc(F)cc2c2[nH]c(CN[C@H]3CC[C@H](n4c(=O)ccc5ncc(F)cc54)CC3)cc12. The number of rotatable bonds is 4. The molecule has 178 valence electrons. The van der Waals surface area contributed by atoms with Crippen LogP contribution >= 0.6 is 0 Å². The van der Waals surface area contributed by atoms with Crippen molar-refractivity contribution < 1.29 is 13.2 Å². The number of benzene rings is 1. The fourth-order valence-corrected chi connectivity index (χ4v) is 5.20. The lowest BCUT2D eigenvalue weighted by atomic mass is 9.90. The first kappa shape index (κ1) is 21.7. The molecule has 0 aliphatic heterocycles. The van der Waals surface area contributed by atoms with E-state index in [4.69, 9.17) is 4.42 Å². The summed E-state index contributed by atoms with van der Waals surface area (Å²) in [7, 11) is 0. The maximum absolute atomic E-state index is 13.8. The van der Waals surface area contributed by atoms with Crippen molar-refractivity contribution in [1.29, 1.82) is 0 Å². The van der Waals surface area contributed by atoms with E-state index in [0.29, 0.717) is 39.5 Å². The number of aromatic amines is 1. The minimum Gasteiger partial charge on any atom is -0.422 e. The Labute approximate surface area is 197 Å². The molecule has 1 aliphatic carbocycles. The molecule has 9 heteroatoms. The quantitative estimate of drug-likeness (QED) is 0.372. The van der Waals surface area contributed by atoms with Gasteiger partial charge in [0, 0.05) is 41.8 Å². The molecule has 4 aromatic heterocycles. The Kier molecular flexibility index (Phi) is 5.21. The Morgan fingerprint density at radius 1 is 1.00 bits per heavy atom. The molecule has 0 saturated heterocycles. The highest BCUT2D eigenvalue weighted by molar-refractivity contribution is 6.02. The van der Waals surface area contributed by atoms with E-state index >= 15 is 0 Å². The number of fused-ring (bicyclic) bond motifs is 4. The van der Waals surface area contributed by atoms with Gasteiger partial charge in [0.2, 0.25) is 0 Å². The van der Waals surface area contributed by atoms with Gasteiger partial charge >= 0.3 is 5.63 Å². The van der Waals surface area contributed by atoms with Crippen molar-refractivity contribution in [2.45, 2.75) is 44.3 Å². The highest BCUT2D eigenvalue weighted by atomic mass is 19.1. The Hall–Kier alpha value is -3.85. The summed E-state index contributed by atoms with van der Waals surface area (Å²) in [5, 5.41) is 4.43. The molecule has 6 rings (SSSR count). The van der Waals surface area contributed by atoms with E-state index in [1.807, 2.05) is 0 Å². The number of hydrogen-bond acceptors (Lipinski definition) is 5. The second-order valence-corrected chi connectivity index (χ2v) is 9.10. The van der Waals surface area contributed by atoms with Gasteiger partial charge in [-0.25, -0.2) is 13.6 Å². The van der Waals surface area contributed by atoms with Crippen LogP contribution < -0.4 is 16.5 Å². The number of nitrogens with one attached hydrogen (secondary N) is 2. The molecule has 0 atom stereocenters. The zero-order valence-corrected chi connectivity index (χ0v) is 18.7. The lowest BCUT2D eigenvalue weighted by Gasteiger charge is -2.31. The summed E-state index contributed by atoms with van der Waals surface area (Å²) >= 11 is 0. The molecule has 0 bridgehead atoms. The normalized spacial score (nSPS) is 18.6. The van der Waals surface area contributed by atoms with Gasteiger partial charge in [-0.1, -0.05) is 0 Å². The Balaban J connectivity index is 1.18. The summed E-state index contributed by atoms with van der Waals surface area (Å²) in [6.45, 7) is 0.504. The van der Waals surface area contributed by atoms with Crippen LogP contribution in [0.15, 0.2) is 62.7 Å². The largest absolute Gasteiger partial charge is 0.422 e. The Bertz CT molecular complexity index is 1700. The molecule has 4 heterocycles. The molecular weight excluding hydrogens is 454 g/mol. The molecule has 1 aromatic carbocycles. The molecule has 35 heavy (non-hydrogen) atoms. The van der Waals surface area contributed by atoms with Gasteiger partial charge in [0.1, 0.15) is 17.2 Å². The predicted octanol–water partition coefficient (Wildman–Crippen LogP) is 4.54. The highest BCUT2D eigenvalue weighted by Crippen LogP contribution is 2.30. The van der Waals surface area contributed by atoms with Gasteiger partial charge in [0.15, 0.2) is 0 Å². The first-order valence-corrected chi connectivity index (χ1v) is 11.6. The molecule has 0 amide bonds. The van der Waals surface area contributed by atoms with Gasteiger partial charge in [-0.15, -0.1) is 0 Å². The zero-order valence-electron chi connectivity index (χ0n) is 18.7. The van der Waals surface area contributed by atoms with Crippen molar-refractivity contribution in [3.63, 3.8) is 0 Å². The van der Waals surface area contributed by atoms with Gasteiger partial charge in [0.25, 0.3) is 5.56 Å². The van der Waals surface area contributed by atoms with Crippen LogP contribution in [0, 0.1) is 11.6 Å². The number of aromatic nitrogens is 3. The van der Waals surface area contributed by atoms with Crippen LogP contribution in [-0.2, 0) is 6.54 Å². The van der Waals surface area contributed by atoms with Crippen LogP contribution in [-0.4, -0.2) is 20.6 Å². The van der Waals surface area contributed by atoms with Crippen molar-refractivity contribution in [2.75, 3.05) is 0 Å². The van der Waals surface area contributed by atoms with E-state index in [-0.39, 0.29) is 17.6 Å². The third-order valence-corrected chi connectivity index (χ3v) is 6.89.